The topological polar surface area (TPSA) is 53.9 Å². The van der Waals surface area contributed by atoms with Crippen LogP contribution in [0, 0.1) is 0 Å². The van der Waals surface area contributed by atoms with Crippen molar-refractivity contribution in [2.45, 2.75) is 38.5 Å². The Morgan fingerprint density at radius 2 is 2.00 bits per heavy atom. The number of nitrogens with zero attached hydrogens (tertiary/aromatic N) is 2. The maximum Gasteiger partial charge on any atom is 0.416 e. The molecule has 0 radical (unpaired) electrons. The molecule has 1 aromatic carbocycles. The smallest absolute Gasteiger partial charge is 0.391 e. The summed E-state index contributed by atoms with van der Waals surface area (Å²) >= 11 is 0. The predicted octanol–water partition coefficient (Wildman–Crippen LogP) is 4.62. The Kier molecular flexibility index (Phi) is 6.38. The minimum absolute atomic E-state index is 0.0285. The van der Waals surface area contributed by atoms with Gasteiger partial charge < -0.3 is 15.1 Å². The molecule has 0 unspecified atom stereocenters. The Morgan fingerprint density at radius 3 is 2.68 bits per heavy atom. The molecular formula is C20H22F3N3O2. The van der Waals surface area contributed by atoms with Gasteiger partial charge in [0.2, 0.25) is 0 Å². The molecule has 28 heavy (non-hydrogen) atoms. The van der Waals surface area contributed by atoms with Gasteiger partial charge in [-0.05, 0) is 36.6 Å². The van der Waals surface area contributed by atoms with E-state index in [0.717, 1.165) is 36.4 Å². The van der Waals surface area contributed by atoms with E-state index < -0.39 is 11.7 Å². The second-order valence-electron chi connectivity index (χ2n) is 6.71. The van der Waals surface area contributed by atoms with Crippen LogP contribution in [-0.2, 0) is 17.6 Å². The van der Waals surface area contributed by atoms with Crippen molar-refractivity contribution in [3.05, 3.63) is 59.3 Å². The predicted molar refractivity (Wildman–Crippen MR) is 99.5 cm³/mol. The molecule has 0 aromatic heterocycles. The number of nitrogens with one attached hydrogen (secondary N) is 1. The summed E-state index contributed by atoms with van der Waals surface area (Å²) in [6.07, 6.45) is 4.42. The zero-order valence-corrected chi connectivity index (χ0v) is 15.3. The van der Waals surface area contributed by atoms with Crippen LogP contribution in [0.1, 0.15) is 36.8 Å². The maximum atomic E-state index is 12.7. The lowest BCUT2D eigenvalue weighted by molar-refractivity contribution is -0.137. The zero-order chi connectivity index (χ0) is 20.0. The van der Waals surface area contributed by atoms with Crippen molar-refractivity contribution < 1.29 is 22.8 Å². The number of allylic oxidation sites excluding steroid dienone is 4. The third kappa shape index (κ3) is 5.61. The van der Waals surface area contributed by atoms with Gasteiger partial charge in [-0.15, -0.1) is 0 Å². The minimum atomic E-state index is -4.38. The van der Waals surface area contributed by atoms with Crippen LogP contribution in [0.2, 0.25) is 0 Å². The monoisotopic (exact) mass is 393 g/mol. The first-order chi connectivity index (χ1) is 13.4. The molecule has 1 saturated heterocycles. The third-order valence-corrected chi connectivity index (χ3v) is 4.59. The van der Waals surface area contributed by atoms with E-state index in [2.05, 4.69) is 16.5 Å². The summed E-state index contributed by atoms with van der Waals surface area (Å²) in [5.74, 6) is 0. The molecule has 150 valence electrons. The normalized spacial score (nSPS) is 17.2. The van der Waals surface area contributed by atoms with Crippen molar-refractivity contribution in [2.24, 2.45) is 5.16 Å². The van der Waals surface area contributed by atoms with Crippen LogP contribution in [0.5, 0.6) is 0 Å². The Hall–Kier alpha value is -2.77. The number of hydrogen-bond acceptors (Lipinski definition) is 3. The van der Waals surface area contributed by atoms with Crippen molar-refractivity contribution >= 4 is 11.7 Å². The summed E-state index contributed by atoms with van der Waals surface area (Å²) in [6, 6.07) is 4.88. The van der Waals surface area contributed by atoms with Gasteiger partial charge in [0.1, 0.15) is 6.61 Å². The van der Waals surface area contributed by atoms with Gasteiger partial charge in [-0.3, -0.25) is 0 Å². The fourth-order valence-electron chi connectivity index (χ4n) is 3.02. The fourth-order valence-corrected chi connectivity index (χ4v) is 3.02. The molecule has 0 saturated carbocycles. The molecule has 2 aliphatic rings. The molecule has 1 aromatic rings. The average Bonchev–Trinajstić information content (AvgIpc) is 2.69. The number of urea groups is 1. The van der Waals surface area contributed by atoms with E-state index >= 15 is 0 Å². The number of likely N-dealkylation sites (tertiary alicyclic amines) is 1. The van der Waals surface area contributed by atoms with E-state index in [0.29, 0.717) is 31.5 Å². The first-order valence-electron chi connectivity index (χ1n) is 9.17. The largest absolute Gasteiger partial charge is 0.416 e. The Balaban J connectivity index is 1.45. The number of alkyl halides is 3. The molecule has 1 heterocycles. The Morgan fingerprint density at radius 1 is 1.21 bits per heavy atom. The number of halogens is 3. The molecule has 8 heteroatoms. The van der Waals surface area contributed by atoms with Crippen LogP contribution in [-0.4, -0.2) is 29.7 Å². The number of benzene rings is 1. The average molecular weight is 393 g/mol. The number of carbonyl (C=O) groups is 1. The van der Waals surface area contributed by atoms with Gasteiger partial charge in [-0.2, -0.15) is 13.2 Å². The number of piperidine rings is 1. The van der Waals surface area contributed by atoms with Crippen molar-refractivity contribution in [3.8, 4) is 0 Å². The van der Waals surface area contributed by atoms with Gasteiger partial charge in [0.15, 0.2) is 0 Å². The number of carbonyl (C=O) groups excluding carboxylic acids is 1. The molecule has 1 aliphatic carbocycles. The second-order valence-corrected chi connectivity index (χ2v) is 6.71. The number of hydrogen-bond donors (Lipinski definition) is 1. The quantitative estimate of drug-likeness (QED) is 0.759. The fraction of sp³-hybridized carbons (Fsp3) is 0.400. The molecule has 3 rings (SSSR count). The van der Waals surface area contributed by atoms with E-state index in [1.54, 1.807) is 11.0 Å². The van der Waals surface area contributed by atoms with Gasteiger partial charge in [0, 0.05) is 31.6 Å². The van der Waals surface area contributed by atoms with Crippen LogP contribution < -0.4 is 5.32 Å². The molecule has 0 bridgehead atoms. The van der Waals surface area contributed by atoms with Crippen molar-refractivity contribution in [2.75, 3.05) is 13.1 Å². The molecule has 1 N–H and O–H groups in total. The first kappa shape index (κ1) is 20.0. The minimum Gasteiger partial charge on any atom is -0.391 e. The highest BCUT2D eigenvalue weighted by Gasteiger charge is 2.30. The molecule has 0 atom stereocenters. The summed E-state index contributed by atoms with van der Waals surface area (Å²) in [5, 5.41) is 6.96. The molecule has 2 amide bonds. The van der Waals surface area contributed by atoms with E-state index in [4.69, 9.17) is 4.84 Å². The molecule has 1 aliphatic heterocycles. The third-order valence-electron chi connectivity index (χ3n) is 4.59. The summed E-state index contributed by atoms with van der Waals surface area (Å²) in [5.41, 5.74) is 1.42. The number of oxime groups is 1. The maximum absolute atomic E-state index is 12.7. The van der Waals surface area contributed by atoms with E-state index in [9.17, 15) is 18.0 Å². The molecule has 1 fully saturated rings. The lowest BCUT2D eigenvalue weighted by atomic mass is 10.1. The highest BCUT2D eigenvalue weighted by Crippen LogP contribution is 2.29. The van der Waals surface area contributed by atoms with Gasteiger partial charge >= 0.3 is 12.2 Å². The second kappa shape index (κ2) is 8.95. The summed E-state index contributed by atoms with van der Waals surface area (Å²) < 4.78 is 38.2. The first-order valence-corrected chi connectivity index (χ1v) is 9.17. The summed E-state index contributed by atoms with van der Waals surface area (Å²) in [7, 11) is 0. The standard InChI is InChI=1S/C20H22F3N3O2/c21-20(22,23)16-6-4-5-15(13-16)14-28-25-18-9-11-26(12-10-18)19(27)24-17-7-2-1-3-8-17/h1-2,4-7,13H,3,8-12,14H2,(H,24,27). The van der Waals surface area contributed by atoms with Crippen LogP contribution in [0.15, 0.2) is 53.3 Å². The van der Waals surface area contributed by atoms with Crippen LogP contribution in [0.3, 0.4) is 0 Å². The van der Waals surface area contributed by atoms with Gasteiger partial charge in [0.25, 0.3) is 0 Å². The highest BCUT2D eigenvalue weighted by molar-refractivity contribution is 5.87. The molecular weight excluding hydrogens is 371 g/mol. The van der Waals surface area contributed by atoms with Gasteiger partial charge in [-0.1, -0.05) is 29.4 Å². The van der Waals surface area contributed by atoms with Gasteiger partial charge in [-0.25, -0.2) is 4.79 Å². The summed E-state index contributed by atoms with van der Waals surface area (Å²) in [6.45, 7) is 1.03. The van der Waals surface area contributed by atoms with E-state index in [-0.39, 0.29) is 12.6 Å². The Labute approximate surface area is 161 Å². The van der Waals surface area contributed by atoms with E-state index in [1.807, 2.05) is 12.2 Å². The lowest BCUT2D eigenvalue weighted by Gasteiger charge is -2.28. The van der Waals surface area contributed by atoms with Crippen LogP contribution >= 0.6 is 0 Å². The SMILES string of the molecule is O=C(NC1=CC=CCC1)N1CCC(=NOCc2cccc(C(F)(F)F)c2)CC1. The number of amides is 2. The Bertz CT molecular complexity index is 790. The van der Waals surface area contributed by atoms with Crippen molar-refractivity contribution in [3.63, 3.8) is 0 Å². The van der Waals surface area contributed by atoms with Crippen LogP contribution in [0.25, 0.3) is 0 Å². The molecule has 0 spiro atoms. The lowest BCUT2D eigenvalue weighted by Crippen LogP contribution is -2.44. The van der Waals surface area contributed by atoms with Crippen molar-refractivity contribution in [1.29, 1.82) is 0 Å². The van der Waals surface area contributed by atoms with Gasteiger partial charge in [0.05, 0.1) is 11.3 Å². The van der Waals surface area contributed by atoms with Crippen molar-refractivity contribution in [1.82, 2.24) is 10.2 Å². The van der Waals surface area contributed by atoms with E-state index in [1.165, 1.54) is 6.07 Å². The van der Waals surface area contributed by atoms with Crippen LogP contribution in [0.4, 0.5) is 18.0 Å². The zero-order valence-electron chi connectivity index (χ0n) is 15.3. The summed E-state index contributed by atoms with van der Waals surface area (Å²) in [4.78, 5) is 19.2. The highest BCUT2D eigenvalue weighted by atomic mass is 19.4. The number of rotatable bonds is 4. The molecule has 5 nitrogen and oxygen atoms in total.